The van der Waals surface area contributed by atoms with Crippen LogP contribution in [0, 0.1) is 0 Å². The van der Waals surface area contributed by atoms with Crippen molar-refractivity contribution in [1.82, 2.24) is 0 Å². The zero-order chi connectivity index (χ0) is 10.6. The van der Waals surface area contributed by atoms with E-state index in [0.717, 1.165) is 25.7 Å². The highest BCUT2D eigenvalue weighted by Crippen LogP contribution is 2.36. The Bertz CT molecular complexity index is 201. The second kappa shape index (κ2) is 6.30. The molecule has 1 aliphatic carbocycles. The molecule has 0 aromatic carbocycles. The van der Waals surface area contributed by atoms with Crippen LogP contribution in [0.25, 0.3) is 0 Å². The molecule has 0 radical (unpaired) electrons. The third-order valence-electron chi connectivity index (χ3n) is 1.93. The monoisotopic (exact) mass is 412 g/mol. The topological polar surface area (TPSA) is 35.5 Å². The van der Waals surface area contributed by atoms with Crippen molar-refractivity contribution in [1.29, 1.82) is 0 Å². The van der Waals surface area contributed by atoms with Gasteiger partial charge in [-0.2, -0.15) is 4.21 Å². The van der Waals surface area contributed by atoms with E-state index in [0.29, 0.717) is 0 Å². The van der Waals surface area contributed by atoms with E-state index in [4.69, 9.17) is 8.37 Å². The molecule has 1 fully saturated rings. The van der Waals surface area contributed by atoms with Gasteiger partial charge in [-0.05, 0) is 60.6 Å². The first kappa shape index (κ1) is 13.6. The summed E-state index contributed by atoms with van der Waals surface area (Å²) in [5.74, 6) is 0. The third-order valence-corrected chi connectivity index (χ3v) is 3.87. The molecule has 1 atom stereocenters. The van der Waals surface area contributed by atoms with Crippen molar-refractivity contribution in [2.45, 2.75) is 40.5 Å². The molecule has 7 heteroatoms. The van der Waals surface area contributed by atoms with E-state index >= 15 is 0 Å². The van der Waals surface area contributed by atoms with Crippen LogP contribution in [0.5, 0.6) is 0 Å². The minimum absolute atomic E-state index is 0.0689. The first-order valence-corrected chi connectivity index (χ1v) is 7.70. The maximum Gasteiger partial charge on any atom is 0.307 e. The summed E-state index contributed by atoms with van der Waals surface area (Å²) in [4.78, 5) is 0. The molecule has 0 aromatic heterocycles. The van der Waals surface area contributed by atoms with Gasteiger partial charge in [0.1, 0.15) is 0 Å². The maximum atomic E-state index is 11.3. The van der Waals surface area contributed by atoms with Crippen LogP contribution in [-0.4, -0.2) is 12.6 Å². The molecular formula is C7H11Br3O3S. The van der Waals surface area contributed by atoms with Crippen LogP contribution in [0.3, 0.4) is 0 Å². The average molecular weight is 415 g/mol. The molecule has 1 saturated carbocycles. The summed E-state index contributed by atoms with van der Waals surface area (Å²) in [6.07, 6.45) is 5.53. The van der Waals surface area contributed by atoms with E-state index in [1.165, 1.54) is 6.42 Å². The van der Waals surface area contributed by atoms with Crippen LogP contribution < -0.4 is 0 Å². The van der Waals surface area contributed by atoms with Gasteiger partial charge < -0.3 is 0 Å². The Balaban J connectivity index is 2.25. The van der Waals surface area contributed by atoms with Crippen LogP contribution in [0.4, 0.5) is 0 Å². The van der Waals surface area contributed by atoms with Crippen molar-refractivity contribution >= 4 is 59.2 Å². The number of rotatable bonds is 3. The van der Waals surface area contributed by atoms with Crippen LogP contribution in [-0.2, 0) is 19.7 Å². The lowest BCUT2D eigenvalue weighted by Gasteiger charge is -2.21. The number of hydrogen-bond acceptors (Lipinski definition) is 3. The highest BCUT2D eigenvalue weighted by Gasteiger charge is 2.25. The fraction of sp³-hybridized carbons (Fsp3) is 1.00. The predicted octanol–water partition coefficient (Wildman–Crippen LogP) is 3.73. The van der Waals surface area contributed by atoms with Crippen molar-refractivity contribution < 1.29 is 12.6 Å². The fourth-order valence-corrected chi connectivity index (χ4v) is 2.95. The van der Waals surface area contributed by atoms with Gasteiger partial charge >= 0.3 is 11.4 Å². The van der Waals surface area contributed by atoms with Gasteiger partial charge in [0.05, 0.1) is 6.10 Å². The van der Waals surface area contributed by atoms with E-state index in [9.17, 15) is 4.21 Å². The molecule has 1 aliphatic rings. The largest absolute Gasteiger partial charge is 0.307 e. The van der Waals surface area contributed by atoms with Crippen molar-refractivity contribution in [3.8, 4) is 0 Å². The summed E-state index contributed by atoms with van der Waals surface area (Å²) in [6, 6.07) is 0. The van der Waals surface area contributed by atoms with Crippen molar-refractivity contribution in [2.75, 3.05) is 0 Å². The van der Waals surface area contributed by atoms with Crippen molar-refractivity contribution in [3.63, 3.8) is 0 Å². The van der Waals surface area contributed by atoms with Gasteiger partial charge in [0, 0.05) is 0 Å². The molecule has 1 unspecified atom stereocenters. The molecule has 3 nitrogen and oxygen atoms in total. The zero-order valence-corrected chi connectivity index (χ0v) is 13.0. The summed E-state index contributed by atoms with van der Waals surface area (Å²) in [7, 11) is 0. The summed E-state index contributed by atoms with van der Waals surface area (Å²) < 4.78 is 20.5. The summed E-state index contributed by atoms with van der Waals surface area (Å²) in [6.45, 7) is 0. The normalized spacial score (nSPS) is 22.2. The molecule has 0 heterocycles. The van der Waals surface area contributed by atoms with Crippen LogP contribution in [0.2, 0.25) is 0 Å². The van der Waals surface area contributed by atoms with Crippen LogP contribution in [0.15, 0.2) is 0 Å². The Kier molecular flexibility index (Phi) is 6.10. The standard InChI is InChI=1S/C7H11Br3O3S/c8-7(9,10)13-14(11)12-6-4-2-1-3-5-6/h6H,1-5H2. The fourth-order valence-electron chi connectivity index (χ4n) is 1.37. The Hall–Kier alpha value is 1.51. The van der Waals surface area contributed by atoms with E-state index in [2.05, 4.69) is 47.8 Å². The molecular weight excluding hydrogens is 404 g/mol. The zero-order valence-electron chi connectivity index (χ0n) is 7.38. The number of hydrogen-bond donors (Lipinski definition) is 0. The lowest BCUT2D eigenvalue weighted by atomic mass is 9.98. The quantitative estimate of drug-likeness (QED) is 0.660. The molecule has 0 bridgehead atoms. The van der Waals surface area contributed by atoms with E-state index < -0.39 is 13.7 Å². The first-order chi connectivity index (χ1) is 6.47. The SMILES string of the molecule is O=S(OC1CCCCC1)OC(Br)(Br)Br. The second-order valence-corrected chi connectivity index (χ2v) is 10.4. The minimum Gasteiger partial charge on any atom is -0.265 e. The minimum atomic E-state index is -1.73. The summed E-state index contributed by atoms with van der Waals surface area (Å²) >= 11 is 7.52. The molecule has 0 amide bonds. The van der Waals surface area contributed by atoms with Gasteiger partial charge in [-0.15, -0.1) is 0 Å². The lowest BCUT2D eigenvalue weighted by Crippen LogP contribution is -2.21. The average Bonchev–Trinajstić information content (AvgIpc) is 2.02. The molecule has 1 rings (SSSR count). The highest BCUT2D eigenvalue weighted by molar-refractivity contribution is 9.39. The molecule has 0 spiro atoms. The van der Waals surface area contributed by atoms with Crippen molar-refractivity contribution in [2.24, 2.45) is 0 Å². The predicted molar refractivity (Wildman–Crippen MR) is 66.7 cm³/mol. The van der Waals surface area contributed by atoms with Gasteiger partial charge in [-0.3, -0.25) is 4.18 Å². The maximum absolute atomic E-state index is 11.3. The van der Waals surface area contributed by atoms with Gasteiger partial charge in [-0.1, -0.05) is 19.3 Å². The third kappa shape index (κ3) is 6.17. The Morgan fingerprint density at radius 2 is 1.71 bits per heavy atom. The van der Waals surface area contributed by atoms with E-state index in [1.54, 1.807) is 0 Å². The molecule has 0 aromatic rings. The van der Waals surface area contributed by atoms with Crippen LogP contribution >= 0.6 is 47.8 Å². The highest BCUT2D eigenvalue weighted by atomic mass is 80.0. The number of alkyl halides is 3. The van der Waals surface area contributed by atoms with Crippen LogP contribution in [0.1, 0.15) is 32.1 Å². The molecule has 14 heavy (non-hydrogen) atoms. The Labute approximate surface area is 112 Å². The molecule has 84 valence electrons. The second-order valence-electron chi connectivity index (χ2n) is 3.09. The van der Waals surface area contributed by atoms with E-state index in [-0.39, 0.29) is 6.10 Å². The molecule has 0 saturated heterocycles. The van der Waals surface area contributed by atoms with Gasteiger partial charge in [0.2, 0.25) is 2.33 Å². The Morgan fingerprint density at radius 1 is 1.14 bits per heavy atom. The van der Waals surface area contributed by atoms with Gasteiger partial charge in [0.15, 0.2) is 0 Å². The van der Waals surface area contributed by atoms with E-state index in [1.807, 2.05) is 0 Å². The van der Waals surface area contributed by atoms with Crippen molar-refractivity contribution in [3.05, 3.63) is 0 Å². The smallest absolute Gasteiger partial charge is 0.265 e. The molecule has 0 aliphatic heterocycles. The lowest BCUT2D eigenvalue weighted by molar-refractivity contribution is 0.147. The van der Waals surface area contributed by atoms with Gasteiger partial charge in [0.25, 0.3) is 0 Å². The number of halogens is 3. The summed E-state index contributed by atoms with van der Waals surface area (Å²) in [5, 5.41) is 0. The first-order valence-electron chi connectivity index (χ1n) is 4.32. The Morgan fingerprint density at radius 3 is 2.21 bits per heavy atom. The molecule has 0 N–H and O–H groups in total. The van der Waals surface area contributed by atoms with Gasteiger partial charge in [-0.25, -0.2) is 4.18 Å². The summed E-state index contributed by atoms with van der Waals surface area (Å²) in [5.41, 5.74) is 0.